The highest BCUT2D eigenvalue weighted by Gasteiger charge is 2.27. The molecule has 2 amide bonds. The van der Waals surface area contributed by atoms with Crippen LogP contribution in [0.15, 0.2) is 24.3 Å². The van der Waals surface area contributed by atoms with Gasteiger partial charge in [-0.25, -0.2) is 4.79 Å². The number of hydrogen-bond donors (Lipinski definition) is 1. The summed E-state index contributed by atoms with van der Waals surface area (Å²) >= 11 is 0. The zero-order chi connectivity index (χ0) is 13.2. The molecule has 1 aromatic carbocycles. The average Bonchev–Trinajstić information content (AvgIpc) is 2.28. The molecular weight excluding hydrogens is 224 g/mol. The van der Waals surface area contributed by atoms with Gasteiger partial charge < -0.3 is 10.2 Å². The van der Waals surface area contributed by atoms with Crippen molar-refractivity contribution < 1.29 is 4.79 Å². The van der Waals surface area contributed by atoms with Crippen LogP contribution in [0, 0.1) is 12.3 Å². The van der Waals surface area contributed by atoms with Crippen LogP contribution >= 0.6 is 0 Å². The second-order valence-electron chi connectivity index (χ2n) is 5.95. The summed E-state index contributed by atoms with van der Waals surface area (Å²) in [7, 11) is 0. The summed E-state index contributed by atoms with van der Waals surface area (Å²) in [5.41, 5.74) is 2.41. The molecule has 0 aromatic heterocycles. The molecule has 0 unspecified atom stereocenters. The lowest BCUT2D eigenvalue weighted by molar-refractivity contribution is 0.149. The molecule has 1 fully saturated rings. The number of rotatable bonds is 1. The van der Waals surface area contributed by atoms with E-state index in [1.165, 1.54) is 0 Å². The Hall–Kier alpha value is -1.51. The number of aryl methyl sites for hydroxylation is 1. The van der Waals surface area contributed by atoms with Gasteiger partial charge in [-0.05, 0) is 42.9 Å². The van der Waals surface area contributed by atoms with E-state index in [1.807, 2.05) is 36.1 Å². The second-order valence-corrected chi connectivity index (χ2v) is 5.95. The molecular formula is C15H22N2O. The normalized spacial score (nSPS) is 18.5. The molecule has 0 spiro atoms. The molecule has 0 radical (unpaired) electrons. The zero-order valence-corrected chi connectivity index (χ0v) is 11.5. The quantitative estimate of drug-likeness (QED) is 0.806. The maximum absolute atomic E-state index is 12.1. The van der Waals surface area contributed by atoms with Gasteiger partial charge in [0.1, 0.15) is 0 Å². The van der Waals surface area contributed by atoms with Crippen LogP contribution in [-0.4, -0.2) is 24.0 Å². The smallest absolute Gasteiger partial charge is 0.321 e. The van der Waals surface area contributed by atoms with Gasteiger partial charge >= 0.3 is 6.03 Å². The summed E-state index contributed by atoms with van der Waals surface area (Å²) in [4.78, 5) is 14.0. The molecule has 18 heavy (non-hydrogen) atoms. The van der Waals surface area contributed by atoms with Gasteiger partial charge in [-0.2, -0.15) is 0 Å². The van der Waals surface area contributed by atoms with E-state index in [0.29, 0.717) is 5.41 Å². The van der Waals surface area contributed by atoms with Crippen molar-refractivity contribution in [2.75, 3.05) is 18.4 Å². The van der Waals surface area contributed by atoms with Crippen molar-refractivity contribution in [2.24, 2.45) is 5.41 Å². The number of piperidine rings is 1. The molecule has 2 rings (SSSR count). The molecule has 1 aliphatic rings. The molecule has 0 bridgehead atoms. The van der Waals surface area contributed by atoms with Crippen LogP contribution in [0.3, 0.4) is 0 Å². The van der Waals surface area contributed by atoms with Gasteiger partial charge in [-0.1, -0.05) is 26.0 Å². The fourth-order valence-electron chi connectivity index (χ4n) is 2.24. The van der Waals surface area contributed by atoms with Gasteiger partial charge in [-0.15, -0.1) is 0 Å². The maximum atomic E-state index is 12.1. The van der Waals surface area contributed by atoms with Crippen LogP contribution in [0.4, 0.5) is 10.5 Å². The Kier molecular flexibility index (Phi) is 3.60. The standard InChI is InChI=1S/C15H22N2O/c1-12-5-4-6-13(11-12)16-14(18)17-9-7-15(2,3)8-10-17/h4-6,11H,7-10H2,1-3H3,(H,16,18). The molecule has 0 atom stereocenters. The van der Waals surface area contributed by atoms with Crippen molar-refractivity contribution >= 4 is 11.7 Å². The van der Waals surface area contributed by atoms with Crippen molar-refractivity contribution in [3.8, 4) is 0 Å². The third kappa shape index (κ3) is 3.25. The molecule has 1 aliphatic heterocycles. The predicted molar refractivity (Wildman–Crippen MR) is 74.8 cm³/mol. The third-order valence-electron chi connectivity index (χ3n) is 3.67. The van der Waals surface area contributed by atoms with Crippen LogP contribution < -0.4 is 5.32 Å². The summed E-state index contributed by atoms with van der Waals surface area (Å²) in [6.07, 6.45) is 2.16. The summed E-state index contributed by atoms with van der Waals surface area (Å²) in [5.74, 6) is 0. The molecule has 1 heterocycles. The van der Waals surface area contributed by atoms with E-state index >= 15 is 0 Å². The average molecular weight is 246 g/mol. The Labute approximate surface area is 109 Å². The summed E-state index contributed by atoms with van der Waals surface area (Å²) in [6, 6.07) is 7.93. The van der Waals surface area contributed by atoms with Crippen LogP contribution in [0.25, 0.3) is 0 Å². The van der Waals surface area contributed by atoms with Crippen LogP contribution in [0.1, 0.15) is 32.3 Å². The SMILES string of the molecule is Cc1cccc(NC(=O)N2CCC(C)(C)CC2)c1. The third-order valence-corrected chi connectivity index (χ3v) is 3.67. The van der Waals surface area contributed by atoms with E-state index in [-0.39, 0.29) is 6.03 Å². The van der Waals surface area contributed by atoms with E-state index in [0.717, 1.165) is 37.2 Å². The highest BCUT2D eigenvalue weighted by Crippen LogP contribution is 2.29. The first-order valence-electron chi connectivity index (χ1n) is 6.59. The fourth-order valence-corrected chi connectivity index (χ4v) is 2.24. The minimum absolute atomic E-state index is 0.0242. The molecule has 1 N–H and O–H groups in total. The minimum atomic E-state index is 0.0242. The van der Waals surface area contributed by atoms with Crippen molar-refractivity contribution in [3.05, 3.63) is 29.8 Å². The van der Waals surface area contributed by atoms with Gasteiger partial charge in [0, 0.05) is 18.8 Å². The zero-order valence-electron chi connectivity index (χ0n) is 11.5. The van der Waals surface area contributed by atoms with Crippen LogP contribution in [0.2, 0.25) is 0 Å². The highest BCUT2D eigenvalue weighted by molar-refractivity contribution is 5.89. The van der Waals surface area contributed by atoms with Crippen molar-refractivity contribution in [3.63, 3.8) is 0 Å². The van der Waals surface area contributed by atoms with E-state index < -0.39 is 0 Å². The fraction of sp³-hybridized carbons (Fsp3) is 0.533. The Morgan fingerprint density at radius 2 is 1.94 bits per heavy atom. The first-order chi connectivity index (χ1) is 8.46. The van der Waals surface area contributed by atoms with Gasteiger partial charge in [0.2, 0.25) is 0 Å². The number of hydrogen-bond acceptors (Lipinski definition) is 1. The lowest BCUT2D eigenvalue weighted by Crippen LogP contribution is -2.43. The Morgan fingerprint density at radius 1 is 1.28 bits per heavy atom. The van der Waals surface area contributed by atoms with E-state index in [4.69, 9.17) is 0 Å². The monoisotopic (exact) mass is 246 g/mol. The van der Waals surface area contributed by atoms with Gasteiger partial charge in [0.25, 0.3) is 0 Å². The lowest BCUT2D eigenvalue weighted by Gasteiger charge is -2.36. The molecule has 98 valence electrons. The lowest BCUT2D eigenvalue weighted by atomic mass is 9.83. The summed E-state index contributed by atoms with van der Waals surface area (Å²) in [6.45, 7) is 8.26. The van der Waals surface area contributed by atoms with Gasteiger partial charge in [0.05, 0.1) is 0 Å². The number of anilines is 1. The Bertz CT molecular complexity index is 430. The second kappa shape index (κ2) is 5.01. The molecule has 1 aromatic rings. The number of nitrogens with zero attached hydrogens (tertiary/aromatic N) is 1. The number of carbonyl (C=O) groups is 1. The summed E-state index contributed by atoms with van der Waals surface area (Å²) in [5, 5.41) is 2.97. The van der Waals surface area contributed by atoms with E-state index in [2.05, 4.69) is 19.2 Å². The maximum Gasteiger partial charge on any atom is 0.321 e. The minimum Gasteiger partial charge on any atom is -0.324 e. The molecule has 0 aliphatic carbocycles. The Balaban J connectivity index is 1.93. The number of likely N-dealkylation sites (tertiary alicyclic amines) is 1. The Morgan fingerprint density at radius 3 is 2.56 bits per heavy atom. The van der Waals surface area contributed by atoms with E-state index in [1.54, 1.807) is 0 Å². The van der Waals surface area contributed by atoms with Crippen molar-refractivity contribution in [1.82, 2.24) is 4.90 Å². The molecule has 3 heteroatoms. The summed E-state index contributed by atoms with van der Waals surface area (Å²) < 4.78 is 0. The van der Waals surface area contributed by atoms with Gasteiger partial charge in [0.15, 0.2) is 0 Å². The highest BCUT2D eigenvalue weighted by atomic mass is 16.2. The molecule has 3 nitrogen and oxygen atoms in total. The largest absolute Gasteiger partial charge is 0.324 e. The van der Waals surface area contributed by atoms with Crippen molar-refractivity contribution in [2.45, 2.75) is 33.6 Å². The van der Waals surface area contributed by atoms with Crippen molar-refractivity contribution in [1.29, 1.82) is 0 Å². The topological polar surface area (TPSA) is 32.3 Å². The number of benzene rings is 1. The number of nitrogens with one attached hydrogen (secondary N) is 1. The predicted octanol–water partition coefficient (Wildman–Crippen LogP) is 3.65. The first-order valence-corrected chi connectivity index (χ1v) is 6.59. The number of amides is 2. The number of carbonyl (C=O) groups excluding carboxylic acids is 1. The van der Waals surface area contributed by atoms with E-state index in [9.17, 15) is 4.79 Å². The van der Waals surface area contributed by atoms with Crippen LogP contribution in [-0.2, 0) is 0 Å². The number of urea groups is 1. The molecule has 1 saturated heterocycles. The van der Waals surface area contributed by atoms with Crippen LogP contribution in [0.5, 0.6) is 0 Å². The first kappa shape index (κ1) is 12.9. The van der Waals surface area contributed by atoms with Gasteiger partial charge in [-0.3, -0.25) is 0 Å². The molecule has 0 saturated carbocycles.